The van der Waals surface area contributed by atoms with Crippen molar-refractivity contribution in [1.82, 2.24) is 25.1 Å². The van der Waals surface area contributed by atoms with Crippen LogP contribution in [0.1, 0.15) is 24.0 Å². The standard InChI is InChI=1S/C23H28N8O2/c1-16-11-22(29-28-16)26-21-13-23(31-9-7-30(8-10-31)14-17(2)33)27-20(25-21)12-18-3-5-19(6-4-18)24-15-32/h3-6,11,13,15H,7-10,12,14H2,1-2H3,(H,24,32)(H2,25,26,27,28,29). The van der Waals surface area contributed by atoms with Gasteiger partial charge in [0, 0.05) is 56.1 Å². The quantitative estimate of drug-likeness (QED) is 0.426. The third kappa shape index (κ3) is 6.13. The first-order chi connectivity index (χ1) is 16.0. The number of nitrogens with one attached hydrogen (secondary N) is 3. The molecule has 0 atom stereocenters. The molecular formula is C23H28N8O2. The second kappa shape index (κ2) is 10.2. The van der Waals surface area contributed by atoms with Gasteiger partial charge in [0.2, 0.25) is 6.41 Å². The normalized spacial score (nSPS) is 14.2. The van der Waals surface area contributed by atoms with Gasteiger partial charge >= 0.3 is 0 Å². The van der Waals surface area contributed by atoms with E-state index in [1.54, 1.807) is 6.92 Å². The van der Waals surface area contributed by atoms with Crippen molar-refractivity contribution in [3.8, 4) is 0 Å². The molecule has 0 spiro atoms. The van der Waals surface area contributed by atoms with Crippen molar-refractivity contribution in [3.63, 3.8) is 0 Å². The highest BCUT2D eigenvalue weighted by Gasteiger charge is 2.20. The summed E-state index contributed by atoms with van der Waals surface area (Å²) in [5.41, 5.74) is 2.73. The number of aromatic nitrogens is 4. The van der Waals surface area contributed by atoms with Gasteiger partial charge in [-0.05, 0) is 31.5 Å². The van der Waals surface area contributed by atoms with E-state index in [1.165, 1.54) is 0 Å². The zero-order valence-corrected chi connectivity index (χ0v) is 18.8. The number of amides is 1. The number of Topliss-reactive ketones (excluding diaryl/α,β-unsaturated/α-hetero) is 1. The van der Waals surface area contributed by atoms with Crippen molar-refractivity contribution in [2.24, 2.45) is 0 Å². The number of H-pyrrole nitrogens is 1. The number of rotatable bonds is 9. The summed E-state index contributed by atoms with van der Waals surface area (Å²) in [7, 11) is 0. The summed E-state index contributed by atoms with van der Waals surface area (Å²) in [4.78, 5) is 36.0. The maximum absolute atomic E-state index is 11.4. The second-order valence-electron chi connectivity index (χ2n) is 8.19. The van der Waals surface area contributed by atoms with Gasteiger partial charge in [0.05, 0.1) is 6.54 Å². The lowest BCUT2D eigenvalue weighted by Crippen LogP contribution is -2.48. The van der Waals surface area contributed by atoms with Crippen LogP contribution in [-0.2, 0) is 16.0 Å². The molecule has 172 valence electrons. The number of carbonyl (C=O) groups excluding carboxylic acids is 2. The molecule has 0 aliphatic carbocycles. The molecule has 1 aromatic carbocycles. The van der Waals surface area contributed by atoms with E-state index in [0.717, 1.165) is 48.9 Å². The fraction of sp³-hybridized carbons (Fsp3) is 0.348. The number of benzene rings is 1. The number of aryl methyl sites for hydroxylation is 1. The molecular weight excluding hydrogens is 420 g/mol. The van der Waals surface area contributed by atoms with Gasteiger partial charge in [0.15, 0.2) is 5.82 Å². The largest absolute Gasteiger partial charge is 0.354 e. The zero-order chi connectivity index (χ0) is 23.2. The lowest BCUT2D eigenvalue weighted by Gasteiger charge is -2.35. The molecule has 0 saturated carbocycles. The molecule has 3 heterocycles. The first kappa shape index (κ1) is 22.4. The Morgan fingerprint density at radius 3 is 2.48 bits per heavy atom. The van der Waals surface area contributed by atoms with Gasteiger partial charge in [0.25, 0.3) is 0 Å². The molecule has 0 bridgehead atoms. The smallest absolute Gasteiger partial charge is 0.211 e. The van der Waals surface area contributed by atoms with Crippen molar-refractivity contribution in [3.05, 3.63) is 53.5 Å². The Morgan fingerprint density at radius 2 is 1.85 bits per heavy atom. The van der Waals surface area contributed by atoms with Gasteiger partial charge in [-0.3, -0.25) is 19.6 Å². The van der Waals surface area contributed by atoms with E-state index in [-0.39, 0.29) is 5.78 Å². The predicted octanol–water partition coefficient (Wildman–Crippen LogP) is 2.12. The maximum Gasteiger partial charge on any atom is 0.211 e. The lowest BCUT2D eigenvalue weighted by atomic mass is 10.1. The molecule has 1 amide bonds. The number of aromatic amines is 1. The number of hydrogen-bond donors (Lipinski definition) is 3. The number of hydrogen-bond acceptors (Lipinski definition) is 8. The number of ketones is 1. The molecule has 1 aliphatic heterocycles. The maximum atomic E-state index is 11.4. The molecule has 10 heteroatoms. The van der Waals surface area contributed by atoms with E-state index < -0.39 is 0 Å². The summed E-state index contributed by atoms with van der Waals surface area (Å²) >= 11 is 0. The molecule has 10 nitrogen and oxygen atoms in total. The minimum atomic E-state index is 0.183. The van der Waals surface area contributed by atoms with Crippen molar-refractivity contribution < 1.29 is 9.59 Å². The number of nitrogens with zero attached hydrogens (tertiary/aromatic N) is 5. The first-order valence-corrected chi connectivity index (χ1v) is 10.9. The molecule has 2 aromatic heterocycles. The van der Waals surface area contributed by atoms with Crippen LogP contribution in [-0.4, -0.2) is 70.0 Å². The Bertz CT molecular complexity index is 1100. The number of anilines is 4. The van der Waals surface area contributed by atoms with Crippen LogP contribution in [0.5, 0.6) is 0 Å². The SMILES string of the molecule is CC(=O)CN1CCN(c2cc(Nc3cc(C)[nH]n3)nc(Cc3ccc(NC=O)cc3)n2)CC1. The summed E-state index contributed by atoms with van der Waals surface area (Å²) in [5.74, 6) is 3.08. The summed E-state index contributed by atoms with van der Waals surface area (Å²) < 4.78 is 0. The average molecular weight is 449 g/mol. The molecule has 4 rings (SSSR count). The molecule has 3 aromatic rings. The summed E-state index contributed by atoms with van der Waals surface area (Å²) in [5, 5.41) is 13.1. The molecule has 33 heavy (non-hydrogen) atoms. The number of carbonyl (C=O) groups is 2. The summed E-state index contributed by atoms with van der Waals surface area (Å²) in [6.07, 6.45) is 1.21. The Labute approximate surface area is 192 Å². The van der Waals surface area contributed by atoms with Gasteiger partial charge in [-0.15, -0.1) is 0 Å². The van der Waals surface area contributed by atoms with Crippen LogP contribution in [0.4, 0.5) is 23.1 Å². The zero-order valence-electron chi connectivity index (χ0n) is 18.8. The highest BCUT2D eigenvalue weighted by Crippen LogP contribution is 2.22. The van der Waals surface area contributed by atoms with Crippen LogP contribution in [0.25, 0.3) is 0 Å². The Hall–Kier alpha value is -3.79. The van der Waals surface area contributed by atoms with Gasteiger partial charge in [0.1, 0.15) is 23.2 Å². The fourth-order valence-electron chi connectivity index (χ4n) is 3.82. The molecule has 0 unspecified atom stereocenters. The van der Waals surface area contributed by atoms with Gasteiger partial charge < -0.3 is 15.5 Å². The van der Waals surface area contributed by atoms with Crippen LogP contribution in [0.3, 0.4) is 0 Å². The van der Waals surface area contributed by atoms with Gasteiger partial charge in [-0.2, -0.15) is 5.10 Å². The molecule has 3 N–H and O–H groups in total. The van der Waals surface area contributed by atoms with Crippen molar-refractivity contribution in [2.45, 2.75) is 20.3 Å². The third-order valence-corrected chi connectivity index (χ3v) is 5.41. The number of piperazine rings is 1. The van der Waals surface area contributed by atoms with Crippen molar-refractivity contribution >= 4 is 35.3 Å². The predicted molar refractivity (Wildman–Crippen MR) is 127 cm³/mol. The molecule has 1 fully saturated rings. The monoisotopic (exact) mass is 448 g/mol. The summed E-state index contributed by atoms with van der Waals surface area (Å²) in [6, 6.07) is 11.5. The first-order valence-electron chi connectivity index (χ1n) is 10.9. The minimum Gasteiger partial charge on any atom is -0.354 e. The highest BCUT2D eigenvalue weighted by molar-refractivity contribution is 5.77. The molecule has 1 aliphatic rings. The van der Waals surface area contributed by atoms with Crippen molar-refractivity contribution in [2.75, 3.05) is 48.3 Å². The molecule has 1 saturated heterocycles. The van der Waals surface area contributed by atoms with Crippen LogP contribution < -0.4 is 15.5 Å². The molecule has 0 radical (unpaired) electrons. The van der Waals surface area contributed by atoms with Crippen LogP contribution in [0.2, 0.25) is 0 Å². The second-order valence-corrected chi connectivity index (χ2v) is 8.19. The minimum absolute atomic E-state index is 0.183. The van der Waals surface area contributed by atoms with Crippen LogP contribution in [0, 0.1) is 6.92 Å². The average Bonchev–Trinajstić information content (AvgIpc) is 3.19. The van der Waals surface area contributed by atoms with Crippen LogP contribution in [0.15, 0.2) is 36.4 Å². The fourth-order valence-corrected chi connectivity index (χ4v) is 3.82. The van der Waals surface area contributed by atoms with Crippen LogP contribution >= 0.6 is 0 Å². The van der Waals surface area contributed by atoms with E-state index in [9.17, 15) is 9.59 Å². The van der Waals surface area contributed by atoms with E-state index >= 15 is 0 Å². The van der Waals surface area contributed by atoms with E-state index in [0.29, 0.717) is 36.8 Å². The lowest BCUT2D eigenvalue weighted by molar-refractivity contribution is -0.118. The topological polar surface area (TPSA) is 119 Å². The Kier molecular flexibility index (Phi) is 6.94. The Morgan fingerprint density at radius 1 is 1.09 bits per heavy atom. The van der Waals surface area contributed by atoms with Gasteiger partial charge in [-0.1, -0.05) is 12.1 Å². The van der Waals surface area contributed by atoms with E-state index in [4.69, 9.17) is 9.97 Å². The van der Waals surface area contributed by atoms with E-state index in [2.05, 4.69) is 30.6 Å². The summed E-state index contributed by atoms with van der Waals surface area (Å²) in [6.45, 7) is 7.26. The van der Waals surface area contributed by atoms with E-state index in [1.807, 2.05) is 43.3 Å². The Balaban J connectivity index is 1.55. The van der Waals surface area contributed by atoms with Crippen molar-refractivity contribution in [1.29, 1.82) is 0 Å². The van der Waals surface area contributed by atoms with Gasteiger partial charge in [-0.25, -0.2) is 9.97 Å². The highest BCUT2D eigenvalue weighted by atomic mass is 16.1. The third-order valence-electron chi connectivity index (χ3n) is 5.41.